The van der Waals surface area contributed by atoms with Crippen LogP contribution in [-0.2, 0) is 4.79 Å². The zero-order valence-corrected chi connectivity index (χ0v) is 15.6. The Morgan fingerprint density at radius 2 is 2.19 bits per heavy atom. The number of hydrogen-bond acceptors (Lipinski definition) is 5. The summed E-state index contributed by atoms with van der Waals surface area (Å²) >= 11 is 6.37. The molecule has 27 heavy (non-hydrogen) atoms. The van der Waals surface area contributed by atoms with Crippen LogP contribution >= 0.6 is 11.6 Å². The topological polar surface area (TPSA) is 94.1 Å². The number of piperidine rings is 1. The van der Waals surface area contributed by atoms with Crippen molar-refractivity contribution < 1.29 is 9.90 Å². The van der Waals surface area contributed by atoms with E-state index in [1.807, 2.05) is 42.4 Å². The molecule has 3 heterocycles. The van der Waals surface area contributed by atoms with Crippen LogP contribution in [0.5, 0.6) is 0 Å². The monoisotopic (exact) mass is 385 g/mol. The van der Waals surface area contributed by atoms with E-state index in [0.29, 0.717) is 29.6 Å². The fourth-order valence-electron chi connectivity index (χ4n) is 3.68. The predicted molar refractivity (Wildman–Crippen MR) is 105 cm³/mol. The van der Waals surface area contributed by atoms with Gasteiger partial charge in [0.1, 0.15) is 0 Å². The van der Waals surface area contributed by atoms with Crippen LogP contribution in [0.15, 0.2) is 36.7 Å². The minimum atomic E-state index is -0.773. The van der Waals surface area contributed by atoms with Gasteiger partial charge in [-0.1, -0.05) is 29.8 Å². The van der Waals surface area contributed by atoms with E-state index in [9.17, 15) is 9.90 Å². The van der Waals surface area contributed by atoms with Crippen molar-refractivity contribution in [2.75, 3.05) is 25.5 Å². The van der Waals surface area contributed by atoms with Gasteiger partial charge >= 0.3 is 5.97 Å². The van der Waals surface area contributed by atoms with Crippen molar-refractivity contribution >= 4 is 34.4 Å². The summed E-state index contributed by atoms with van der Waals surface area (Å²) in [6.45, 7) is 1.29. The number of carboxylic acids is 1. The Morgan fingerprint density at radius 3 is 3.00 bits per heavy atom. The molecule has 4 rings (SSSR count). The maximum Gasteiger partial charge on any atom is 0.307 e. The number of nitrogens with one attached hydrogen (secondary N) is 2. The SMILES string of the molecule is CN1CC(Nc2ncc(Cl)c(-c3c[nH]c4ccccc34)n2)C[C@@H](C(=O)O)C1. The van der Waals surface area contributed by atoms with Crippen molar-refractivity contribution in [3.63, 3.8) is 0 Å². The van der Waals surface area contributed by atoms with E-state index in [0.717, 1.165) is 23.0 Å². The number of carboxylic acid groups (broad SMARTS) is 1. The standard InChI is InChI=1S/C19H20ClN5O2/c1-25-9-11(18(26)27)6-12(10-25)23-19-22-8-15(20)17(24-19)14-7-21-16-5-3-2-4-13(14)16/h2-5,7-8,11-12,21H,6,9-10H2,1H3,(H,26,27)(H,22,23,24)/t11-,12?/m1/s1. The number of anilines is 1. The van der Waals surface area contributed by atoms with Gasteiger partial charge in [-0.05, 0) is 19.5 Å². The summed E-state index contributed by atoms with van der Waals surface area (Å²) in [6.07, 6.45) is 4.00. The van der Waals surface area contributed by atoms with Crippen LogP contribution in [0.1, 0.15) is 6.42 Å². The first-order valence-electron chi connectivity index (χ1n) is 8.78. The summed E-state index contributed by atoms with van der Waals surface area (Å²) in [5, 5.41) is 14.1. The summed E-state index contributed by atoms with van der Waals surface area (Å²) in [6, 6.07) is 7.91. The number of likely N-dealkylation sites (tertiary alicyclic amines) is 1. The van der Waals surface area contributed by atoms with Gasteiger partial charge in [0.2, 0.25) is 5.95 Å². The molecule has 1 unspecified atom stereocenters. The molecule has 1 aromatic carbocycles. The largest absolute Gasteiger partial charge is 0.481 e. The molecule has 0 aliphatic carbocycles. The number of H-pyrrole nitrogens is 1. The van der Waals surface area contributed by atoms with Gasteiger partial charge in [0.15, 0.2) is 0 Å². The maximum absolute atomic E-state index is 11.4. The number of aromatic amines is 1. The van der Waals surface area contributed by atoms with E-state index in [4.69, 9.17) is 11.6 Å². The van der Waals surface area contributed by atoms with Gasteiger partial charge in [0, 0.05) is 41.8 Å². The fourth-order valence-corrected chi connectivity index (χ4v) is 3.87. The molecule has 2 aromatic heterocycles. The number of carbonyl (C=O) groups is 1. The smallest absolute Gasteiger partial charge is 0.307 e. The molecule has 3 N–H and O–H groups in total. The second kappa shape index (κ2) is 7.17. The third-order valence-electron chi connectivity index (χ3n) is 4.90. The van der Waals surface area contributed by atoms with Crippen LogP contribution in [0.2, 0.25) is 5.02 Å². The molecule has 140 valence electrons. The third kappa shape index (κ3) is 3.61. The molecule has 1 aliphatic heterocycles. The summed E-state index contributed by atoms with van der Waals surface area (Å²) in [7, 11) is 1.92. The van der Waals surface area contributed by atoms with Crippen LogP contribution in [0.4, 0.5) is 5.95 Å². The quantitative estimate of drug-likeness (QED) is 0.639. The van der Waals surface area contributed by atoms with Gasteiger partial charge in [-0.15, -0.1) is 0 Å². The first-order chi connectivity index (χ1) is 13.0. The molecular weight excluding hydrogens is 366 g/mol. The highest BCUT2D eigenvalue weighted by Crippen LogP contribution is 2.32. The number of fused-ring (bicyclic) bond motifs is 1. The zero-order valence-electron chi connectivity index (χ0n) is 14.8. The van der Waals surface area contributed by atoms with Gasteiger partial charge in [-0.3, -0.25) is 4.79 Å². The first kappa shape index (κ1) is 17.8. The number of aromatic nitrogens is 3. The molecule has 1 aliphatic rings. The Kier molecular flexibility index (Phi) is 4.72. The molecule has 1 saturated heterocycles. The first-order valence-corrected chi connectivity index (χ1v) is 9.16. The summed E-state index contributed by atoms with van der Waals surface area (Å²) in [5.41, 5.74) is 2.56. The second-order valence-electron chi connectivity index (χ2n) is 6.97. The van der Waals surface area contributed by atoms with E-state index < -0.39 is 11.9 Å². The molecule has 8 heteroatoms. The highest BCUT2D eigenvalue weighted by atomic mass is 35.5. The number of likely N-dealkylation sites (N-methyl/N-ethyl adjacent to an activating group) is 1. The number of para-hydroxylation sites is 1. The lowest BCUT2D eigenvalue weighted by molar-refractivity contribution is -0.143. The third-order valence-corrected chi connectivity index (χ3v) is 5.18. The number of hydrogen-bond donors (Lipinski definition) is 3. The van der Waals surface area contributed by atoms with Gasteiger partial charge in [-0.2, -0.15) is 0 Å². The molecule has 0 saturated carbocycles. The van der Waals surface area contributed by atoms with Crippen molar-refractivity contribution in [3.8, 4) is 11.3 Å². The van der Waals surface area contributed by atoms with Gasteiger partial charge < -0.3 is 20.3 Å². The summed E-state index contributed by atoms with van der Waals surface area (Å²) in [4.78, 5) is 25.5. The Balaban J connectivity index is 1.62. The Labute approximate surface area is 161 Å². The molecule has 0 spiro atoms. The minimum Gasteiger partial charge on any atom is -0.481 e. The van der Waals surface area contributed by atoms with Crippen molar-refractivity contribution in [1.29, 1.82) is 0 Å². The van der Waals surface area contributed by atoms with Crippen LogP contribution < -0.4 is 5.32 Å². The van der Waals surface area contributed by atoms with Gasteiger partial charge in [0.05, 0.1) is 22.8 Å². The normalized spacial score (nSPS) is 20.7. The molecule has 0 radical (unpaired) electrons. The highest BCUT2D eigenvalue weighted by molar-refractivity contribution is 6.33. The summed E-state index contributed by atoms with van der Waals surface area (Å²) in [5.74, 6) is -0.726. The van der Waals surface area contributed by atoms with E-state index in [-0.39, 0.29) is 6.04 Å². The maximum atomic E-state index is 11.4. The molecule has 7 nitrogen and oxygen atoms in total. The van der Waals surface area contributed by atoms with E-state index in [2.05, 4.69) is 20.3 Å². The Morgan fingerprint density at radius 1 is 1.37 bits per heavy atom. The molecule has 0 bridgehead atoms. The van der Waals surface area contributed by atoms with Crippen molar-refractivity contribution in [1.82, 2.24) is 19.9 Å². The van der Waals surface area contributed by atoms with Crippen LogP contribution in [-0.4, -0.2) is 57.1 Å². The van der Waals surface area contributed by atoms with Crippen molar-refractivity contribution in [3.05, 3.63) is 41.7 Å². The van der Waals surface area contributed by atoms with Crippen molar-refractivity contribution in [2.24, 2.45) is 5.92 Å². The zero-order chi connectivity index (χ0) is 19.0. The lowest BCUT2D eigenvalue weighted by Gasteiger charge is -2.34. The lowest BCUT2D eigenvalue weighted by atomic mass is 9.95. The fraction of sp³-hybridized carbons (Fsp3) is 0.316. The van der Waals surface area contributed by atoms with Crippen LogP contribution in [0.25, 0.3) is 22.2 Å². The highest BCUT2D eigenvalue weighted by Gasteiger charge is 2.30. The number of aliphatic carboxylic acids is 1. The molecule has 2 atom stereocenters. The number of benzene rings is 1. The van der Waals surface area contributed by atoms with E-state index in [1.165, 1.54) is 0 Å². The average Bonchev–Trinajstić information content (AvgIpc) is 3.07. The molecule has 0 amide bonds. The Bertz CT molecular complexity index is 989. The van der Waals surface area contributed by atoms with Gasteiger partial charge in [-0.25, -0.2) is 9.97 Å². The van der Waals surface area contributed by atoms with E-state index >= 15 is 0 Å². The second-order valence-corrected chi connectivity index (χ2v) is 7.38. The van der Waals surface area contributed by atoms with Crippen LogP contribution in [0, 0.1) is 5.92 Å². The average molecular weight is 386 g/mol. The van der Waals surface area contributed by atoms with Crippen molar-refractivity contribution in [2.45, 2.75) is 12.5 Å². The molecular formula is C19H20ClN5O2. The number of nitrogens with zero attached hydrogens (tertiary/aromatic N) is 3. The molecule has 3 aromatic rings. The van der Waals surface area contributed by atoms with E-state index in [1.54, 1.807) is 6.20 Å². The summed E-state index contributed by atoms with van der Waals surface area (Å²) < 4.78 is 0. The lowest BCUT2D eigenvalue weighted by Crippen LogP contribution is -2.46. The van der Waals surface area contributed by atoms with Crippen LogP contribution in [0.3, 0.4) is 0 Å². The minimum absolute atomic E-state index is 0.0400. The van der Waals surface area contributed by atoms with Gasteiger partial charge in [0.25, 0.3) is 0 Å². The number of halogens is 1. The molecule has 1 fully saturated rings. The number of rotatable bonds is 4. The predicted octanol–water partition coefficient (Wildman–Crippen LogP) is 3.10. The Hall–Kier alpha value is -2.64.